The molecule has 1 aliphatic heterocycles. The Kier molecular flexibility index (Phi) is 6.14. The summed E-state index contributed by atoms with van der Waals surface area (Å²) in [6, 6.07) is 14.1. The van der Waals surface area contributed by atoms with E-state index in [1.165, 1.54) is 29.3 Å². The third-order valence-corrected chi connectivity index (χ3v) is 4.15. The fourth-order valence-corrected chi connectivity index (χ4v) is 2.68. The third kappa shape index (κ3) is 5.43. The molecule has 0 radical (unpaired) electrons. The van der Waals surface area contributed by atoms with Crippen LogP contribution < -0.4 is 15.6 Å². The lowest BCUT2D eigenvalue weighted by molar-refractivity contribution is -0.123. The number of carbonyl (C=O) groups is 3. The molecule has 2 N–H and O–H groups in total. The zero-order valence-electron chi connectivity index (χ0n) is 15.6. The lowest BCUT2D eigenvalue weighted by atomic mass is 10.1. The monoisotopic (exact) mass is 418 g/mol. The largest absolute Gasteiger partial charge is 0.405 e. The zero-order chi connectivity index (χ0) is 21.7. The van der Waals surface area contributed by atoms with Crippen LogP contribution in [0.4, 0.5) is 24.5 Å². The number of halogens is 3. The average Bonchev–Trinajstić information content (AvgIpc) is 2.73. The predicted molar refractivity (Wildman–Crippen MR) is 104 cm³/mol. The molecule has 0 saturated carbocycles. The normalized spacial score (nSPS) is 14.2. The number of hydrogen-bond acceptors (Lipinski definition) is 4. The molecule has 0 aliphatic carbocycles. The van der Waals surface area contributed by atoms with Crippen LogP contribution in [0.1, 0.15) is 23.2 Å². The summed E-state index contributed by atoms with van der Waals surface area (Å²) in [5.74, 6) is -1.62. The van der Waals surface area contributed by atoms with Crippen molar-refractivity contribution in [2.45, 2.75) is 19.0 Å². The van der Waals surface area contributed by atoms with Gasteiger partial charge in [-0.15, -0.1) is 0 Å². The highest BCUT2D eigenvalue weighted by molar-refractivity contribution is 6.44. The van der Waals surface area contributed by atoms with Gasteiger partial charge >= 0.3 is 6.18 Å². The van der Waals surface area contributed by atoms with Gasteiger partial charge in [-0.25, -0.2) is 5.01 Å². The molecule has 0 saturated heterocycles. The first-order valence-electron chi connectivity index (χ1n) is 8.95. The number of hydrazone groups is 1. The minimum Gasteiger partial charge on any atom is -0.343 e. The van der Waals surface area contributed by atoms with E-state index in [0.717, 1.165) is 0 Å². The molecule has 0 fully saturated rings. The van der Waals surface area contributed by atoms with E-state index in [0.29, 0.717) is 11.4 Å². The molecule has 3 amide bonds. The highest BCUT2D eigenvalue weighted by Crippen LogP contribution is 2.20. The quantitative estimate of drug-likeness (QED) is 0.782. The Labute approximate surface area is 169 Å². The van der Waals surface area contributed by atoms with Gasteiger partial charge in [0, 0.05) is 24.1 Å². The van der Waals surface area contributed by atoms with Crippen molar-refractivity contribution in [3.63, 3.8) is 0 Å². The van der Waals surface area contributed by atoms with Gasteiger partial charge in [-0.1, -0.05) is 18.2 Å². The fourth-order valence-electron chi connectivity index (χ4n) is 2.68. The van der Waals surface area contributed by atoms with E-state index in [4.69, 9.17) is 0 Å². The van der Waals surface area contributed by atoms with Gasteiger partial charge in [-0.05, 0) is 36.4 Å². The van der Waals surface area contributed by atoms with Gasteiger partial charge in [0.25, 0.3) is 11.8 Å². The van der Waals surface area contributed by atoms with Crippen molar-refractivity contribution in [2.24, 2.45) is 5.10 Å². The van der Waals surface area contributed by atoms with E-state index in [1.807, 2.05) is 0 Å². The summed E-state index contributed by atoms with van der Waals surface area (Å²) in [5, 5.41) is 9.68. The minimum absolute atomic E-state index is 0.0214. The molecule has 30 heavy (non-hydrogen) atoms. The Morgan fingerprint density at radius 2 is 1.63 bits per heavy atom. The van der Waals surface area contributed by atoms with Crippen molar-refractivity contribution in [3.05, 3.63) is 60.2 Å². The van der Waals surface area contributed by atoms with Gasteiger partial charge in [0.05, 0.1) is 5.69 Å². The predicted octanol–water partition coefficient (Wildman–Crippen LogP) is 3.10. The first-order valence-corrected chi connectivity index (χ1v) is 8.95. The van der Waals surface area contributed by atoms with Crippen LogP contribution in [0.3, 0.4) is 0 Å². The molecule has 0 unspecified atom stereocenters. The van der Waals surface area contributed by atoms with E-state index in [2.05, 4.69) is 10.4 Å². The number of nitrogens with zero attached hydrogens (tertiary/aromatic N) is 2. The SMILES string of the molecule is O=C(Nc1ccc(C(=O)NCC(F)(F)F)cc1)C1=NN(c2ccccc2)C(=O)CC1. The molecule has 156 valence electrons. The highest BCUT2D eigenvalue weighted by atomic mass is 19.4. The van der Waals surface area contributed by atoms with E-state index in [9.17, 15) is 27.6 Å². The summed E-state index contributed by atoms with van der Waals surface area (Å²) in [7, 11) is 0. The first-order chi connectivity index (χ1) is 14.2. The average molecular weight is 418 g/mol. The second-order valence-corrected chi connectivity index (χ2v) is 6.42. The summed E-state index contributed by atoms with van der Waals surface area (Å²) in [4.78, 5) is 36.3. The van der Waals surface area contributed by atoms with Gasteiger partial charge in [0.1, 0.15) is 12.3 Å². The maximum atomic E-state index is 12.5. The lowest BCUT2D eigenvalue weighted by Gasteiger charge is -2.23. The van der Waals surface area contributed by atoms with Crippen molar-refractivity contribution in [1.82, 2.24) is 5.32 Å². The van der Waals surface area contributed by atoms with Crippen LogP contribution in [-0.4, -0.2) is 36.2 Å². The van der Waals surface area contributed by atoms with Crippen LogP contribution >= 0.6 is 0 Å². The molecule has 7 nitrogen and oxygen atoms in total. The lowest BCUT2D eigenvalue weighted by Crippen LogP contribution is -2.36. The van der Waals surface area contributed by atoms with E-state index >= 15 is 0 Å². The molecule has 3 rings (SSSR count). The topological polar surface area (TPSA) is 90.9 Å². The number of hydrogen-bond donors (Lipinski definition) is 2. The van der Waals surface area contributed by atoms with E-state index in [1.54, 1.807) is 35.6 Å². The summed E-state index contributed by atoms with van der Waals surface area (Å²) < 4.78 is 36.5. The van der Waals surface area contributed by atoms with Crippen LogP contribution in [-0.2, 0) is 9.59 Å². The Morgan fingerprint density at radius 1 is 0.967 bits per heavy atom. The number of para-hydroxylation sites is 1. The Morgan fingerprint density at radius 3 is 2.27 bits per heavy atom. The Hall–Kier alpha value is -3.69. The van der Waals surface area contributed by atoms with Crippen molar-refractivity contribution >= 4 is 34.8 Å². The maximum Gasteiger partial charge on any atom is 0.405 e. The Bertz CT molecular complexity index is 973. The van der Waals surface area contributed by atoms with Crippen LogP contribution in [0, 0.1) is 0 Å². The molecule has 0 bridgehead atoms. The highest BCUT2D eigenvalue weighted by Gasteiger charge is 2.28. The smallest absolute Gasteiger partial charge is 0.343 e. The third-order valence-electron chi connectivity index (χ3n) is 4.15. The number of rotatable bonds is 5. The van der Waals surface area contributed by atoms with Crippen molar-refractivity contribution < 1.29 is 27.6 Å². The fraction of sp³-hybridized carbons (Fsp3) is 0.200. The molecular weight excluding hydrogens is 401 g/mol. The van der Waals surface area contributed by atoms with Crippen molar-refractivity contribution in [1.29, 1.82) is 0 Å². The number of alkyl halides is 3. The van der Waals surface area contributed by atoms with Crippen molar-refractivity contribution in [3.8, 4) is 0 Å². The summed E-state index contributed by atoms with van der Waals surface area (Å²) in [5.41, 5.74) is 1.05. The van der Waals surface area contributed by atoms with E-state index in [-0.39, 0.29) is 30.0 Å². The summed E-state index contributed by atoms with van der Waals surface area (Å²) >= 11 is 0. The van der Waals surface area contributed by atoms with Gasteiger partial charge in [0.2, 0.25) is 5.91 Å². The first kappa shape index (κ1) is 21.0. The summed E-state index contributed by atoms with van der Waals surface area (Å²) in [6.07, 6.45) is -4.20. The molecule has 1 heterocycles. The second-order valence-electron chi connectivity index (χ2n) is 6.42. The number of carbonyl (C=O) groups excluding carboxylic acids is 3. The number of benzene rings is 2. The molecule has 2 aromatic carbocycles. The van der Waals surface area contributed by atoms with Gasteiger partial charge in [-0.2, -0.15) is 18.3 Å². The van der Waals surface area contributed by atoms with Crippen LogP contribution in [0.5, 0.6) is 0 Å². The van der Waals surface area contributed by atoms with Crippen LogP contribution in [0.15, 0.2) is 59.7 Å². The molecule has 2 aromatic rings. The Balaban J connectivity index is 1.65. The number of nitrogens with one attached hydrogen (secondary N) is 2. The summed E-state index contributed by atoms with van der Waals surface area (Å²) in [6.45, 7) is -1.43. The molecule has 1 aliphatic rings. The van der Waals surface area contributed by atoms with Gasteiger partial charge in [-0.3, -0.25) is 14.4 Å². The van der Waals surface area contributed by atoms with E-state index < -0.39 is 24.5 Å². The number of amides is 3. The molecular formula is C20H17F3N4O3. The molecule has 0 aromatic heterocycles. The molecule has 0 atom stereocenters. The molecule has 10 heteroatoms. The number of anilines is 2. The standard InChI is InChI=1S/C20H17F3N4O3/c21-20(22,23)12-24-18(29)13-6-8-14(9-7-13)25-19(30)16-10-11-17(28)27(26-16)15-4-2-1-3-5-15/h1-9H,10-12H2,(H,24,29)(H,25,30). The van der Waals surface area contributed by atoms with Gasteiger partial charge < -0.3 is 10.6 Å². The van der Waals surface area contributed by atoms with Crippen molar-refractivity contribution in [2.75, 3.05) is 16.9 Å². The minimum atomic E-state index is -4.50. The van der Waals surface area contributed by atoms with Crippen LogP contribution in [0.25, 0.3) is 0 Å². The maximum absolute atomic E-state index is 12.5. The second kappa shape index (κ2) is 8.76. The van der Waals surface area contributed by atoms with Gasteiger partial charge in [0.15, 0.2) is 0 Å². The van der Waals surface area contributed by atoms with Crippen LogP contribution in [0.2, 0.25) is 0 Å². The zero-order valence-corrected chi connectivity index (χ0v) is 15.6. The molecule has 0 spiro atoms.